The van der Waals surface area contributed by atoms with Gasteiger partial charge in [0.1, 0.15) is 5.82 Å². The Hall–Kier alpha value is -1.35. The Morgan fingerprint density at radius 3 is 2.76 bits per heavy atom. The lowest BCUT2D eigenvalue weighted by Crippen LogP contribution is -2.14. The van der Waals surface area contributed by atoms with Crippen LogP contribution in [0.25, 0.3) is 10.9 Å². The third-order valence-corrected chi connectivity index (χ3v) is 3.04. The number of likely N-dealkylation sites (N-methyl/N-ethyl adjacent to an activating group) is 1. The molecule has 0 fully saturated rings. The van der Waals surface area contributed by atoms with Crippen molar-refractivity contribution in [3.05, 3.63) is 35.8 Å². The molecule has 2 aromatic rings. The number of aromatic nitrogens is 1. The third kappa shape index (κ3) is 2.20. The van der Waals surface area contributed by atoms with Crippen molar-refractivity contribution in [2.24, 2.45) is 0 Å². The van der Waals surface area contributed by atoms with Crippen molar-refractivity contribution >= 4 is 10.9 Å². The first-order chi connectivity index (χ1) is 8.15. The number of rotatable bonds is 4. The molecule has 0 aliphatic heterocycles. The van der Waals surface area contributed by atoms with E-state index < -0.39 is 0 Å². The topological polar surface area (TPSA) is 17.0 Å². The smallest absolute Gasteiger partial charge is 0.147 e. The molecule has 0 unspecified atom stereocenters. The van der Waals surface area contributed by atoms with Gasteiger partial charge in [0, 0.05) is 30.1 Å². The monoisotopic (exact) mass is 234 g/mol. The van der Waals surface area contributed by atoms with Gasteiger partial charge in [-0.1, -0.05) is 12.1 Å². The summed E-state index contributed by atoms with van der Waals surface area (Å²) in [6, 6.07) is 7.64. The highest BCUT2D eigenvalue weighted by atomic mass is 19.1. The molecule has 92 valence electrons. The molecule has 2 nitrogen and oxygen atoms in total. The van der Waals surface area contributed by atoms with E-state index in [-0.39, 0.29) is 11.9 Å². The number of hydrogen-bond donors (Lipinski definition) is 1. The minimum absolute atomic E-state index is 0.132. The maximum absolute atomic E-state index is 13.9. The molecule has 2 rings (SSSR count). The lowest BCUT2D eigenvalue weighted by Gasteiger charge is -2.15. The molecule has 17 heavy (non-hydrogen) atoms. The number of halogens is 1. The largest absolute Gasteiger partial charge is 0.340 e. The van der Waals surface area contributed by atoms with Gasteiger partial charge in [0.25, 0.3) is 0 Å². The number of hydrogen-bond acceptors (Lipinski definition) is 1. The quantitative estimate of drug-likeness (QED) is 0.860. The lowest BCUT2D eigenvalue weighted by atomic mass is 10.2. The first-order valence-electron chi connectivity index (χ1n) is 6.08. The highest BCUT2D eigenvalue weighted by molar-refractivity contribution is 5.82. The van der Waals surface area contributed by atoms with E-state index in [1.165, 1.54) is 11.8 Å². The molecule has 0 amide bonds. The summed E-state index contributed by atoms with van der Waals surface area (Å²) in [5.74, 6) is -0.132. The molecule has 0 aliphatic rings. The molecule has 0 radical (unpaired) electrons. The van der Waals surface area contributed by atoms with Crippen LogP contribution in [0, 0.1) is 5.82 Å². The lowest BCUT2D eigenvalue weighted by molar-refractivity contribution is 0.566. The molecular formula is C14H19FN2. The summed E-state index contributed by atoms with van der Waals surface area (Å²) in [5, 5.41) is 4.12. The molecule has 0 spiro atoms. The fourth-order valence-electron chi connectivity index (χ4n) is 2.33. The van der Waals surface area contributed by atoms with E-state index in [0.717, 1.165) is 23.9 Å². The fraction of sp³-hybridized carbons (Fsp3) is 0.429. The zero-order valence-corrected chi connectivity index (χ0v) is 10.6. The van der Waals surface area contributed by atoms with Crippen LogP contribution >= 0.6 is 0 Å². The third-order valence-electron chi connectivity index (χ3n) is 3.04. The van der Waals surface area contributed by atoms with Crippen LogP contribution in [0.5, 0.6) is 0 Å². The molecule has 1 heterocycles. The molecule has 0 atom stereocenters. The highest BCUT2D eigenvalue weighted by Gasteiger charge is 2.13. The Labute approximate surface area is 101 Å². The maximum Gasteiger partial charge on any atom is 0.147 e. The summed E-state index contributed by atoms with van der Waals surface area (Å²) < 4.78 is 16.0. The van der Waals surface area contributed by atoms with E-state index in [9.17, 15) is 4.39 Å². The van der Waals surface area contributed by atoms with Gasteiger partial charge >= 0.3 is 0 Å². The molecule has 3 heteroatoms. The van der Waals surface area contributed by atoms with Gasteiger partial charge in [0.2, 0.25) is 0 Å². The first-order valence-corrected chi connectivity index (χ1v) is 6.08. The molecule has 1 N–H and O–H groups in total. The van der Waals surface area contributed by atoms with Gasteiger partial charge in [-0.05, 0) is 33.0 Å². The van der Waals surface area contributed by atoms with E-state index in [2.05, 4.69) is 29.8 Å². The first kappa shape index (κ1) is 12.1. The summed E-state index contributed by atoms with van der Waals surface area (Å²) in [4.78, 5) is 0. The van der Waals surface area contributed by atoms with Crippen LogP contribution in [0.1, 0.15) is 25.6 Å². The van der Waals surface area contributed by atoms with E-state index in [1.54, 1.807) is 6.07 Å². The second kappa shape index (κ2) is 4.88. The van der Waals surface area contributed by atoms with Gasteiger partial charge in [-0.2, -0.15) is 0 Å². The summed E-state index contributed by atoms with van der Waals surface area (Å²) in [7, 11) is 1.93. The van der Waals surface area contributed by atoms with Crippen molar-refractivity contribution in [1.82, 2.24) is 9.88 Å². The number of benzene rings is 1. The predicted octanol–water partition coefficient (Wildman–Crippen LogP) is 3.12. The van der Waals surface area contributed by atoms with Crippen LogP contribution < -0.4 is 5.32 Å². The molecule has 1 aromatic carbocycles. The standard InChI is InChI=1S/C14H19FN2/c1-10(2)17-12(7-8-16-3)9-11-5-4-6-13(15)14(11)17/h4-6,9-10,16H,7-8H2,1-3H3. The Morgan fingerprint density at radius 1 is 1.35 bits per heavy atom. The summed E-state index contributed by atoms with van der Waals surface area (Å²) >= 11 is 0. The van der Waals surface area contributed by atoms with Crippen molar-refractivity contribution in [3.63, 3.8) is 0 Å². The number of nitrogens with zero attached hydrogens (tertiary/aromatic N) is 1. The molecular weight excluding hydrogens is 215 g/mol. The number of nitrogens with one attached hydrogen (secondary N) is 1. The average Bonchev–Trinajstić information content (AvgIpc) is 2.66. The second-order valence-electron chi connectivity index (χ2n) is 4.63. The summed E-state index contributed by atoms with van der Waals surface area (Å²) in [6.45, 7) is 5.09. The Bertz CT molecular complexity index is 514. The van der Waals surface area contributed by atoms with Gasteiger partial charge in [-0.25, -0.2) is 4.39 Å². The number of fused-ring (bicyclic) bond motifs is 1. The zero-order chi connectivity index (χ0) is 12.4. The van der Waals surface area contributed by atoms with Crippen molar-refractivity contribution in [2.75, 3.05) is 13.6 Å². The average molecular weight is 234 g/mol. The predicted molar refractivity (Wildman–Crippen MR) is 69.9 cm³/mol. The zero-order valence-electron chi connectivity index (χ0n) is 10.6. The molecule has 0 aliphatic carbocycles. The van der Waals surface area contributed by atoms with Gasteiger partial charge in [0.15, 0.2) is 0 Å². The van der Waals surface area contributed by atoms with Gasteiger partial charge in [-0.15, -0.1) is 0 Å². The van der Waals surface area contributed by atoms with Gasteiger partial charge < -0.3 is 9.88 Å². The maximum atomic E-state index is 13.9. The number of para-hydroxylation sites is 1. The van der Waals surface area contributed by atoms with E-state index in [4.69, 9.17) is 0 Å². The minimum atomic E-state index is -0.132. The van der Waals surface area contributed by atoms with Crippen LogP contribution in [0.3, 0.4) is 0 Å². The Morgan fingerprint density at radius 2 is 2.12 bits per heavy atom. The molecule has 1 aromatic heterocycles. The van der Waals surface area contributed by atoms with Crippen LogP contribution in [-0.4, -0.2) is 18.2 Å². The van der Waals surface area contributed by atoms with E-state index >= 15 is 0 Å². The van der Waals surface area contributed by atoms with E-state index in [1.807, 2.05) is 13.1 Å². The van der Waals surface area contributed by atoms with Gasteiger partial charge in [-0.3, -0.25) is 0 Å². The Balaban J connectivity index is 2.59. The highest BCUT2D eigenvalue weighted by Crippen LogP contribution is 2.26. The van der Waals surface area contributed by atoms with Crippen LogP contribution in [0.2, 0.25) is 0 Å². The summed E-state index contributed by atoms with van der Waals surface area (Å²) in [6.07, 6.45) is 0.919. The van der Waals surface area contributed by atoms with Gasteiger partial charge in [0.05, 0.1) is 5.52 Å². The molecule has 0 bridgehead atoms. The van der Waals surface area contributed by atoms with Crippen LogP contribution in [0.15, 0.2) is 24.3 Å². The molecule has 0 saturated heterocycles. The Kier molecular flexibility index (Phi) is 3.48. The van der Waals surface area contributed by atoms with Crippen molar-refractivity contribution < 1.29 is 4.39 Å². The second-order valence-corrected chi connectivity index (χ2v) is 4.63. The minimum Gasteiger partial charge on any atom is -0.340 e. The van der Waals surface area contributed by atoms with Crippen LogP contribution in [-0.2, 0) is 6.42 Å². The van der Waals surface area contributed by atoms with Crippen molar-refractivity contribution in [1.29, 1.82) is 0 Å². The SMILES string of the molecule is CNCCc1cc2cccc(F)c2n1C(C)C. The van der Waals surface area contributed by atoms with Crippen molar-refractivity contribution in [2.45, 2.75) is 26.3 Å². The van der Waals surface area contributed by atoms with Crippen molar-refractivity contribution in [3.8, 4) is 0 Å². The van der Waals surface area contributed by atoms with E-state index in [0.29, 0.717) is 0 Å². The normalized spacial score (nSPS) is 11.6. The molecule has 0 saturated carbocycles. The fourth-order valence-corrected chi connectivity index (χ4v) is 2.33. The summed E-state index contributed by atoms with van der Waals surface area (Å²) in [5.41, 5.74) is 1.92. The van der Waals surface area contributed by atoms with Crippen LogP contribution in [0.4, 0.5) is 4.39 Å².